The quantitative estimate of drug-likeness (QED) is 0.420. The molecule has 1 rings (SSSR count). The monoisotopic (exact) mass is 481 g/mol. The molecule has 0 bridgehead atoms. The van der Waals surface area contributed by atoms with Crippen LogP contribution in [0.3, 0.4) is 0 Å². The van der Waals surface area contributed by atoms with Gasteiger partial charge in [-0.25, -0.2) is 4.79 Å². The van der Waals surface area contributed by atoms with Gasteiger partial charge in [-0.05, 0) is 49.8 Å². The van der Waals surface area contributed by atoms with Gasteiger partial charge in [0.05, 0.1) is 5.69 Å². The van der Waals surface area contributed by atoms with Gasteiger partial charge >= 0.3 is 6.09 Å². The van der Waals surface area contributed by atoms with Crippen LogP contribution in [0.1, 0.15) is 52.7 Å². The third kappa shape index (κ3) is 5.72. The molecule has 1 N–H and O–H groups in total. The molecule has 0 fully saturated rings. The number of amides is 1. The maximum Gasteiger partial charge on any atom is 0.412 e. The number of rotatable bonds is 3. The first-order valence-corrected chi connectivity index (χ1v) is 9.65. The predicted octanol–water partition coefficient (Wildman–Crippen LogP) is 6.07. The molecule has 3 nitrogen and oxygen atoms in total. The minimum Gasteiger partial charge on any atom is -0.444 e. The van der Waals surface area contributed by atoms with E-state index < -0.39 is 11.7 Å². The summed E-state index contributed by atoms with van der Waals surface area (Å²) >= 11 is 5.95. The van der Waals surface area contributed by atoms with Crippen LogP contribution in [0, 0.1) is 0 Å². The van der Waals surface area contributed by atoms with E-state index in [1.165, 1.54) is 0 Å². The minimum atomic E-state index is -0.512. The molecule has 124 valence electrons. The summed E-state index contributed by atoms with van der Waals surface area (Å²) < 4.78 is 7.41. The Labute approximate surface area is 155 Å². The number of ether oxygens (including phenoxy) is 1. The Bertz CT molecular complexity index is 545. The van der Waals surface area contributed by atoms with E-state index in [0.717, 1.165) is 32.1 Å². The molecule has 1 aromatic rings. The SMILES string of the molecule is CC(C)(C)OC(=O)Nc1c(C(C)(C)C)ccc(Br)c1CCI. The second-order valence-corrected chi connectivity index (χ2v) is 9.20. The number of hydrogen-bond donors (Lipinski definition) is 1. The molecule has 0 aliphatic rings. The molecular formula is C17H25BrINO2. The number of anilines is 1. The number of carbonyl (C=O) groups is 1. The highest BCUT2D eigenvalue weighted by Crippen LogP contribution is 2.36. The summed E-state index contributed by atoms with van der Waals surface area (Å²) in [4.78, 5) is 12.2. The lowest BCUT2D eigenvalue weighted by Crippen LogP contribution is -2.29. The van der Waals surface area contributed by atoms with Crippen molar-refractivity contribution in [2.75, 3.05) is 9.74 Å². The van der Waals surface area contributed by atoms with Crippen molar-refractivity contribution in [2.24, 2.45) is 0 Å². The first-order valence-electron chi connectivity index (χ1n) is 7.33. The van der Waals surface area contributed by atoms with E-state index in [1.807, 2.05) is 20.8 Å². The molecule has 0 atom stereocenters. The second kappa shape index (κ2) is 7.51. The van der Waals surface area contributed by atoms with Crippen molar-refractivity contribution in [3.63, 3.8) is 0 Å². The average Bonchev–Trinajstić information content (AvgIpc) is 2.29. The van der Waals surface area contributed by atoms with E-state index in [-0.39, 0.29) is 5.41 Å². The van der Waals surface area contributed by atoms with Gasteiger partial charge in [-0.3, -0.25) is 5.32 Å². The zero-order chi connectivity index (χ0) is 17.1. The first-order chi connectivity index (χ1) is 9.95. The molecule has 1 amide bonds. The van der Waals surface area contributed by atoms with Gasteiger partial charge in [0, 0.05) is 8.90 Å². The molecule has 0 saturated carbocycles. The van der Waals surface area contributed by atoms with E-state index >= 15 is 0 Å². The molecule has 0 aliphatic heterocycles. The number of carbonyl (C=O) groups excluding carboxylic acids is 1. The third-order valence-corrected chi connectivity index (χ3v) is 4.32. The summed E-state index contributed by atoms with van der Waals surface area (Å²) in [5.74, 6) is 0. The van der Waals surface area contributed by atoms with Crippen molar-refractivity contribution in [1.82, 2.24) is 0 Å². The van der Waals surface area contributed by atoms with Crippen LogP contribution in [-0.2, 0) is 16.6 Å². The van der Waals surface area contributed by atoms with E-state index in [1.54, 1.807) is 0 Å². The van der Waals surface area contributed by atoms with Crippen molar-refractivity contribution in [1.29, 1.82) is 0 Å². The zero-order valence-electron chi connectivity index (χ0n) is 14.1. The van der Waals surface area contributed by atoms with Crippen LogP contribution >= 0.6 is 38.5 Å². The summed E-state index contributed by atoms with van der Waals surface area (Å²) in [6, 6.07) is 4.12. The van der Waals surface area contributed by atoms with Gasteiger partial charge in [0.15, 0.2) is 0 Å². The summed E-state index contributed by atoms with van der Waals surface area (Å²) in [5.41, 5.74) is 2.52. The summed E-state index contributed by atoms with van der Waals surface area (Å²) in [7, 11) is 0. The van der Waals surface area contributed by atoms with E-state index in [0.29, 0.717) is 0 Å². The molecule has 0 aliphatic carbocycles. The van der Waals surface area contributed by atoms with Crippen LogP contribution in [0.15, 0.2) is 16.6 Å². The van der Waals surface area contributed by atoms with E-state index in [9.17, 15) is 4.79 Å². The lowest BCUT2D eigenvalue weighted by molar-refractivity contribution is 0.0635. The predicted molar refractivity (Wildman–Crippen MR) is 105 cm³/mol. The Hall–Kier alpha value is -0.300. The van der Waals surface area contributed by atoms with Crippen molar-refractivity contribution < 1.29 is 9.53 Å². The Morgan fingerprint density at radius 1 is 1.23 bits per heavy atom. The molecule has 0 spiro atoms. The maximum atomic E-state index is 12.2. The van der Waals surface area contributed by atoms with Gasteiger partial charge in [0.25, 0.3) is 0 Å². The fourth-order valence-corrected chi connectivity index (χ4v) is 3.20. The molecule has 1 aromatic carbocycles. The van der Waals surface area contributed by atoms with Crippen LogP contribution < -0.4 is 5.32 Å². The topological polar surface area (TPSA) is 38.3 Å². The first kappa shape index (κ1) is 19.7. The molecule has 0 heterocycles. The second-order valence-electron chi connectivity index (χ2n) is 7.26. The number of nitrogens with one attached hydrogen (secondary N) is 1. The lowest BCUT2D eigenvalue weighted by Gasteiger charge is -2.27. The van der Waals surface area contributed by atoms with Gasteiger partial charge in [-0.1, -0.05) is 65.4 Å². The molecule has 0 saturated heterocycles. The van der Waals surface area contributed by atoms with Gasteiger partial charge in [-0.2, -0.15) is 0 Å². The van der Waals surface area contributed by atoms with Crippen molar-refractivity contribution in [3.05, 3.63) is 27.7 Å². The Morgan fingerprint density at radius 3 is 2.27 bits per heavy atom. The smallest absolute Gasteiger partial charge is 0.412 e. The highest BCUT2D eigenvalue weighted by atomic mass is 127. The summed E-state index contributed by atoms with van der Waals surface area (Å²) in [5, 5.41) is 2.97. The number of halogens is 2. The molecular weight excluding hydrogens is 457 g/mol. The molecule has 0 aromatic heterocycles. The van der Waals surface area contributed by atoms with E-state index in [4.69, 9.17) is 4.74 Å². The molecule has 0 unspecified atom stereocenters. The number of hydrogen-bond acceptors (Lipinski definition) is 2. The highest BCUT2D eigenvalue weighted by molar-refractivity contribution is 14.1. The van der Waals surface area contributed by atoms with Crippen LogP contribution in [0.4, 0.5) is 10.5 Å². The molecule has 0 radical (unpaired) electrons. The van der Waals surface area contributed by atoms with Crippen LogP contribution in [0.2, 0.25) is 0 Å². The fourth-order valence-electron chi connectivity index (χ4n) is 2.13. The van der Waals surface area contributed by atoms with Crippen molar-refractivity contribution in [2.45, 2.75) is 59.0 Å². The maximum absolute atomic E-state index is 12.2. The van der Waals surface area contributed by atoms with Crippen LogP contribution in [0.5, 0.6) is 0 Å². The van der Waals surface area contributed by atoms with Crippen LogP contribution in [-0.4, -0.2) is 16.1 Å². The van der Waals surface area contributed by atoms with Gasteiger partial charge in [-0.15, -0.1) is 0 Å². The Kier molecular flexibility index (Phi) is 6.74. The highest BCUT2D eigenvalue weighted by Gasteiger charge is 2.24. The Balaban J connectivity index is 3.29. The lowest BCUT2D eigenvalue weighted by atomic mass is 9.84. The Morgan fingerprint density at radius 2 is 1.82 bits per heavy atom. The largest absolute Gasteiger partial charge is 0.444 e. The fraction of sp³-hybridized carbons (Fsp3) is 0.588. The van der Waals surface area contributed by atoms with Gasteiger partial charge in [0.1, 0.15) is 5.60 Å². The summed E-state index contributed by atoms with van der Waals surface area (Å²) in [6.07, 6.45) is 0.474. The normalized spacial score (nSPS) is 12.2. The van der Waals surface area contributed by atoms with E-state index in [2.05, 4.69) is 76.7 Å². The molecule has 5 heteroatoms. The standard InChI is InChI=1S/C17H25BrINO2/c1-16(2,3)12-7-8-13(18)11(9-10-19)14(12)20-15(21)22-17(4,5)6/h7-8H,9-10H2,1-6H3,(H,20,21). The molecule has 22 heavy (non-hydrogen) atoms. The van der Waals surface area contributed by atoms with Crippen molar-refractivity contribution in [3.8, 4) is 0 Å². The van der Waals surface area contributed by atoms with Gasteiger partial charge in [0.2, 0.25) is 0 Å². The third-order valence-electron chi connectivity index (χ3n) is 3.03. The number of alkyl halides is 1. The van der Waals surface area contributed by atoms with Gasteiger partial charge < -0.3 is 4.74 Å². The summed E-state index contributed by atoms with van der Waals surface area (Å²) in [6.45, 7) is 12.0. The minimum absolute atomic E-state index is 0.0644. The number of benzene rings is 1. The average molecular weight is 482 g/mol. The van der Waals surface area contributed by atoms with Crippen molar-refractivity contribution >= 4 is 50.3 Å². The zero-order valence-corrected chi connectivity index (χ0v) is 17.9. The van der Waals surface area contributed by atoms with Crippen LogP contribution in [0.25, 0.3) is 0 Å².